The maximum Gasteiger partial charge on any atom is 0.255 e. The van der Waals surface area contributed by atoms with Crippen molar-refractivity contribution in [1.29, 1.82) is 0 Å². The monoisotopic (exact) mass is 270 g/mol. The molecule has 1 heterocycles. The summed E-state index contributed by atoms with van der Waals surface area (Å²) in [6, 6.07) is 10.4. The van der Waals surface area contributed by atoms with E-state index in [0.717, 1.165) is 11.3 Å². The van der Waals surface area contributed by atoms with Crippen LogP contribution < -0.4 is 0 Å². The molecule has 0 fully saturated rings. The molecule has 1 amide bonds. The second-order valence-corrected chi connectivity index (χ2v) is 4.84. The summed E-state index contributed by atoms with van der Waals surface area (Å²) < 4.78 is 0. The summed E-state index contributed by atoms with van der Waals surface area (Å²) in [5.74, 6) is 0.0786. The summed E-state index contributed by atoms with van der Waals surface area (Å²) in [4.78, 5) is 18.1. The normalized spacial score (nSPS) is 11.9. The lowest BCUT2D eigenvalue weighted by Crippen LogP contribution is -2.29. The van der Waals surface area contributed by atoms with E-state index in [9.17, 15) is 9.90 Å². The first-order valence-corrected chi connectivity index (χ1v) is 6.48. The number of para-hydroxylation sites is 1. The van der Waals surface area contributed by atoms with Crippen molar-refractivity contribution in [3.8, 4) is 5.75 Å². The zero-order chi connectivity index (χ0) is 14.7. The minimum absolute atomic E-state index is 0.117. The van der Waals surface area contributed by atoms with Crippen molar-refractivity contribution < 1.29 is 9.90 Å². The van der Waals surface area contributed by atoms with Gasteiger partial charge >= 0.3 is 0 Å². The van der Waals surface area contributed by atoms with Crippen molar-refractivity contribution in [3.05, 3.63) is 59.4 Å². The van der Waals surface area contributed by atoms with Gasteiger partial charge in [0.05, 0.1) is 11.6 Å². The van der Waals surface area contributed by atoms with Gasteiger partial charge in [-0.2, -0.15) is 0 Å². The zero-order valence-electron chi connectivity index (χ0n) is 11.9. The van der Waals surface area contributed by atoms with Crippen LogP contribution in [0.1, 0.15) is 34.6 Å². The molecule has 2 rings (SSSR count). The number of aromatic nitrogens is 1. The Morgan fingerprint density at radius 3 is 2.55 bits per heavy atom. The number of hydrogen-bond acceptors (Lipinski definition) is 3. The first-order valence-electron chi connectivity index (χ1n) is 6.48. The standard InChI is InChI=1S/C16H18N2O2/c1-11-8-9-13(10-17-11)16(20)18(3)12(2)14-6-4-5-7-15(14)19/h4-10,12,19H,1-3H3. The Kier molecular flexibility index (Phi) is 4.03. The van der Waals surface area contributed by atoms with Gasteiger partial charge in [-0.15, -0.1) is 0 Å². The SMILES string of the molecule is Cc1ccc(C(=O)N(C)C(C)c2ccccc2O)cn1. The molecule has 4 heteroatoms. The summed E-state index contributed by atoms with van der Waals surface area (Å²) in [6.45, 7) is 3.76. The van der Waals surface area contributed by atoms with E-state index in [1.807, 2.05) is 32.0 Å². The molecule has 0 aliphatic carbocycles. The molecule has 104 valence electrons. The van der Waals surface area contributed by atoms with E-state index in [1.165, 1.54) is 0 Å². The Labute approximate surface area is 118 Å². The van der Waals surface area contributed by atoms with Crippen molar-refractivity contribution in [1.82, 2.24) is 9.88 Å². The van der Waals surface area contributed by atoms with E-state index in [4.69, 9.17) is 0 Å². The van der Waals surface area contributed by atoms with Crippen LogP contribution in [0.3, 0.4) is 0 Å². The van der Waals surface area contributed by atoms with Crippen LogP contribution in [0.2, 0.25) is 0 Å². The van der Waals surface area contributed by atoms with Gasteiger partial charge in [0.15, 0.2) is 0 Å². The Hall–Kier alpha value is -2.36. The molecule has 0 saturated heterocycles. The van der Waals surface area contributed by atoms with Gasteiger partial charge in [0.25, 0.3) is 5.91 Å². The van der Waals surface area contributed by atoms with E-state index >= 15 is 0 Å². The predicted octanol–water partition coefficient (Wildman–Crippen LogP) is 2.93. The average Bonchev–Trinajstić information content (AvgIpc) is 2.46. The van der Waals surface area contributed by atoms with Gasteiger partial charge in [-0.25, -0.2) is 0 Å². The molecule has 0 spiro atoms. The molecule has 1 unspecified atom stereocenters. The van der Waals surface area contributed by atoms with E-state index in [0.29, 0.717) is 5.56 Å². The van der Waals surface area contributed by atoms with Crippen molar-refractivity contribution in [3.63, 3.8) is 0 Å². The summed E-state index contributed by atoms with van der Waals surface area (Å²) in [5, 5.41) is 9.87. The van der Waals surface area contributed by atoms with E-state index in [2.05, 4.69) is 4.98 Å². The van der Waals surface area contributed by atoms with E-state index in [-0.39, 0.29) is 17.7 Å². The maximum atomic E-state index is 12.4. The van der Waals surface area contributed by atoms with Crippen LogP contribution in [0.5, 0.6) is 5.75 Å². The van der Waals surface area contributed by atoms with Gasteiger partial charge in [-0.1, -0.05) is 18.2 Å². The molecule has 1 N–H and O–H groups in total. The van der Waals surface area contributed by atoms with E-state index in [1.54, 1.807) is 36.3 Å². The number of nitrogens with zero attached hydrogens (tertiary/aromatic N) is 2. The second kappa shape index (κ2) is 5.74. The van der Waals surface area contributed by atoms with Gasteiger partial charge < -0.3 is 10.0 Å². The first kappa shape index (κ1) is 14.1. The fourth-order valence-electron chi connectivity index (χ4n) is 2.02. The topological polar surface area (TPSA) is 53.4 Å². The molecule has 20 heavy (non-hydrogen) atoms. The third-order valence-corrected chi connectivity index (χ3v) is 3.45. The highest BCUT2D eigenvalue weighted by atomic mass is 16.3. The van der Waals surface area contributed by atoms with Crippen LogP contribution in [0.4, 0.5) is 0 Å². The molecule has 0 bridgehead atoms. The third kappa shape index (κ3) is 2.79. The molecule has 1 aromatic heterocycles. The number of aryl methyl sites for hydroxylation is 1. The van der Waals surface area contributed by atoms with Crippen LogP contribution in [-0.2, 0) is 0 Å². The highest BCUT2D eigenvalue weighted by Crippen LogP contribution is 2.27. The van der Waals surface area contributed by atoms with Crippen LogP contribution in [-0.4, -0.2) is 27.9 Å². The molecule has 1 aromatic carbocycles. The van der Waals surface area contributed by atoms with Gasteiger partial charge in [0, 0.05) is 24.5 Å². The zero-order valence-corrected chi connectivity index (χ0v) is 11.9. The van der Waals surface area contributed by atoms with Crippen molar-refractivity contribution in [2.45, 2.75) is 19.9 Å². The Balaban J connectivity index is 2.22. The lowest BCUT2D eigenvalue weighted by molar-refractivity contribution is 0.0741. The molecule has 0 aliphatic rings. The summed E-state index contributed by atoms with van der Waals surface area (Å²) in [5.41, 5.74) is 2.14. The summed E-state index contributed by atoms with van der Waals surface area (Å²) in [6.07, 6.45) is 1.58. The van der Waals surface area contributed by atoms with Gasteiger partial charge in [-0.3, -0.25) is 9.78 Å². The molecule has 4 nitrogen and oxygen atoms in total. The lowest BCUT2D eigenvalue weighted by atomic mass is 10.1. The number of phenols is 1. The van der Waals surface area contributed by atoms with Crippen molar-refractivity contribution >= 4 is 5.91 Å². The molecule has 0 saturated carbocycles. The van der Waals surface area contributed by atoms with Gasteiger partial charge in [0.2, 0.25) is 0 Å². The molecule has 1 atom stereocenters. The molecule has 0 radical (unpaired) electrons. The number of rotatable bonds is 3. The Bertz CT molecular complexity index is 608. The number of hydrogen-bond donors (Lipinski definition) is 1. The average molecular weight is 270 g/mol. The number of phenolic OH excluding ortho intramolecular Hbond substituents is 1. The lowest BCUT2D eigenvalue weighted by Gasteiger charge is -2.25. The minimum Gasteiger partial charge on any atom is -0.508 e. The molecule has 0 aliphatic heterocycles. The largest absolute Gasteiger partial charge is 0.508 e. The van der Waals surface area contributed by atoms with Gasteiger partial charge in [-0.05, 0) is 32.0 Å². The van der Waals surface area contributed by atoms with E-state index < -0.39 is 0 Å². The number of benzene rings is 1. The van der Waals surface area contributed by atoms with Crippen LogP contribution in [0, 0.1) is 6.92 Å². The fraction of sp³-hybridized carbons (Fsp3) is 0.250. The van der Waals surface area contributed by atoms with Gasteiger partial charge in [0.1, 0.15) is 5.75 Å². The van der Waals surface area contributed by atoms with Crippen LogP contribution >= 0.6 is 0 Å². The van der Waals surface area contributed by atoms with Crippen LogP contribution in [0.25, 0.3) is 0 Å². The third-order valence-electron chi connectivity index (χ3n) is 3.45. The Morgan fingerprint density at radius 1 is 1.25 bits per heavy atom. The minimum atomic E-state index is -0.218. The molecule has 2 aromatic rings. The molecular formula is C16H18N2O2. The maximum absolute atomic E-state index is 12.4. The van der Waals surface area contributed by atoms with Crippen molar-refractivity contribution in [2.75, 3.05) is 7.05 Å². The predicted molar refractivity (Wildman–Crippen MR) is 77.6 cm³/mol. The highest BCUT2D eigenvalue weighted by Gasteiger charge is 2.20. The van der Waals surface area contributed by atoms with Crippen molar-refractivity contribution in [2.24, 2.45) is 0 Å². The smallest absolute Gasteiger partial charge is 0.255 e. The summed E-state index contributed by atoms with van der Waals surface area (Å²) in [7, 11) is 1.72. The Morgan fingerprint density at radius 2 is 1.95 bits per heavy atom. The second-order valence-electron chi connectivity index (χ2n) is 4.84. The highest BCUT2D eigenvalue weighted by molar-refractivity contribution is 5.94. The molecular weight excluding hydrogens is 252 g/mol. The number of aromatic hydroxyl groups is 1. The number of pyridine rings is 1. The fourth-order valence-corrected chi connectivity index (χ4v) is 2.02. The first-order chi connectivity index (χ1) is 9.50. The van der Waals surface area contributed by atoms with Crippen LogP contribution in [0.15, 0.2) is 42.6 Å². The number of amides is 1. The quantitative estimate of drug-likeness (QED) is 0.933. The number of carbonyl (C=O) groups excluding carboxylic acids is 1. The summed E-state index contributed by atoms with van der Waals surface area (Å²) >= 11 is 0. The number of carbonyl (C=O) groups is 1.